The number of hydrogen-bond donors (Lipinski definition) is 1. The van der Waals surface area contributed by atoms with E-state index in [4.69, 9.17) is 4.74 Å². The number of carbonyl (C=O) groups is 1. The number of hydrogen-bond acceptors (Lipinski definition) is 2. The molecule has 0 bridgehead atoms. The Morgan fingerprint density at radius 1 is 1.00 bits per heavy atom. The van der Waals surface area contributed by atoms with E-state index in [0.717, 1.165) is 17.1 Å². The van der Waals surface area contributed by atoms with Gasteiger partial charge in [0.15, 0.2) is 0 Å². The van der Waals surface area contributed by atoms with E-state index in [1.807, 2.05) is 80.6 Å². The average molecular weight is 307 g/mol. The first-order valence-electron chi connectivity index (χ1n) is 7.62. The van der Waals surface area contributed by atoms with Crippen molar-refractivity contribution >= 4 is 5.91 Å². The van der Waals surface area contributed by atoms with Gasteiger partial charge in [-0.3, -0.25) is 4.79 Å². The van der Waals surface area contributed by atoms with Crippen LogP contribution in [-0.4, -0.2) is 5.91 Å². The highest BCUT2D eigenvalue weighted by Crippen LogP contribution is 2.23. The van der Waals surface area contributed by atoms with Crippen LogP contribution < -0.4 is 10.1 Å². The molecule has 0 spiro atoms. The van der Waals surface area contributed by atoms with Crippen molar-refractivity contribution in [1.82, 2.24) is 5.32 Å². The molecule has 0 aliphatic carbocycles. The van der Waals surface area contributed by atoms with Crippen molar-refractivity contribution in [3.05, 3.63) is 84.5 Å². The zero-order valence-corrected chi connectivity index (χ0v) is 13.4. The van der Waals surface area contributed by atoms with Crippen LogP contribution in [0.15, 0.2) is 78.9 Å². The van der Waals surface area contributed by atoms with Crippen molar-refractivity contribution in [1.29, 1.82) is 0 Å². The number of nitrogens with one attached hydrogen (secondary N) is 1. The van der Waals surface area contributed by atoms with E-state index in [9.17, 15) is 4.79 Å². The first-order valence-corrected chi connectivity index (χ1v) is 7.62. The Morgan fingerprint density at radius 3 is 2.30 bits per heavy atom. The van der Waals surface area contributed by atoms with Crippen LogP contribution in [0.2, 0.25) is 0 Å². The summed E-state index contributed by atoms with van der Waals surface area (Å²) in [6, 6.07) is 17.3. The van der Waals surface area contributed by atoms with Crippen molar-refractivity contribution in [3.8, 4) is 11.5 Å². The number of ether oxygens (including phenoxy) is 1. The molecule has 0 aliphatic rings. The number of para-hydroxylation sites is 1. The number of rotatable bonds is 6. The minimum Gasteiger partial charge on any atom is -0.457 e. The molecular formula is C20H21NO2. The molecule has 1 atom stereocenters. The molecule has 23 heavy (non-hydrogen) atoms. The minimum atomic E-state index is -0.111. The molecule has 118 valence electrons. The van der Waals surface area contributed by atoms with Crippen LogP contribution >= 0.6 is 0 Å². The van der Waals surface area contributed by atoms with Crippen molar-refractivity contribution in [2.45, 2.75) is 19.9 Å². The maximum atomic E-state index is 11.8. The summed E-state index contributed by atoms with van der Waals surface area (Å²) < 4.78 is 5.75. The second-order valence-corrected chi connectivity index (χ2v) is 5.10. The highest BCUT2D eigenvalue weighted by Gasteiger charge is 2.07. The van der Waals surface area contributed by atoms with Gasteiger partial charge < -0.3 is 10.1 Å². The van der Waals surface area contributed by atoms with Crippen LogP contribution in [0.1, 0.15) is 25.5 Å². The SMILES string of the molecule is CC=CC=CC(=O)NC(C)c1ccc(Oc2ccccc2)cc1. The first-order chi connectivity index (χ1) is 11.2. The molecule has 2 aromatic rings. The molecule has 0 aromatic heterocycles. The third-order valence-electron chi connectivity index (χ3n) is 3.27. The fraction of sp³-hybridized carbons (Fsp3) is 0.150. The van der Waals surface area contributed by atoms with Gasteiger partial charge in [-0.1, -0.05) is 48.6 Å². The molecule has 3 heteroatoms. The fourth-order valence-electron chi connectivity index (χ4n) is 2.05. The molecule has 0 saturated heterocycles. The van der Waals surface area contributed by atoms with E-state index in [2.05, 4.69) is 5.32 Å². The van der Waals surface area contributed by atoms with Crippen LogP contribution in [-0.2, 0) is 4.79 Å². The molecule has 1 unspecified atom stereocenters. The van der Waals surface area contributed by atoms with E-state index < -0.39 is 0 Å². The lowest BCUT2D eigenvalue weighted by atomic mass is 10.1. The van der Waals surface area contributed by atoms with E-state index in [1.165, 1.54) is 6.08 Å². The first kappa shape index (κ1) is 16.6. The van der Waals surface area contributed by atoms with Gasteiger partial charge in [0.25, 0.3) is 0 Å². The number of benzene rings is 2. The minimum absolute atomic E-state index is 0.0662. The Kier molecular flexibility index (Phi) is 6.18. The Bertz CT molecular complexity index is 673. The zero-order valence-electron chi connectivity index (χ0n) is 13.4. The standard InChI is InChI=1S/C20H21NO2/c1-3-4-6-11-20(22)21-16(2)17-12-14-19(15-13-17)23-18-9-7-5-8-10-18/h3-16H,1-2H3,(H,21,22). The summed E-state index contributed by atoms with van der Waals surface area (Å²) >= 11 is 0. The maximum Gasteiger partial charge on any atom is 0.244 e. The fourth-order valence-corrected chi connectivity index (χ4v) is 2.05. The molecule has 0 radical (unpaired) electrons. The van der Waals surface area contributed by atoms with Crippen LogP contribution in [0.3, 0.4) is 0 Å². The van der Waals surface area contributed by atoms with Gasteiger partial charge in [0.1, 0.15) is 11.5 Å². The summed E-state index contributed by atoms with van der Waals surface area (Å²) in [5, 5.41) is 2.92. The molecule has 2 aromatic carbocycles. The summed E-state index contributed by atoms with van der Waals surface area (Å²) in [6.07, 6.45) is 6.93. The zero-order chi connectivity index (χ0) is 16.5. The quantitative estimate of drug-likeness (QED) is 0.615. The van der Waals surface area contributed by atoms with Gasteiger partial charge in [-0.2, -0.15) is 0 Å². The van der Waals surface area contributed by atoms with Gasteiger partial charge in [-0.05, 0) is 43.7 Å². The van der Waals surface area contributed by atoms with Crippen molar-refractivity contribution in [3.63, 3.8) is 0 Å². The summed E-state index contributed by atoms with van der Waals surface area (Å²) in [7, 11) is 0. The second kappa shape index (κ2) is 8.59. The molecule has 1 amide bonds. The van der Waals surface area contributed by atoms with E-state index in [1.54, 1.807) is 6.08 Å². The van der Waals surface area contributed by atoms with Gasteiger partial charge in [0, 0.05) is 6.08 Å². The van der Waals surface area contributed by atoms with Crippen LogP contribution in [0.5, 0.6) is 11.5 Å². The van der Waals surface area contributed by atoms with Gasteiger partial charge in [-0.15, -0.1) is 0 Å². The smallest absolute Gasteiger partial charge is 0.244 e. The van der Waals surface area contributed by atoms with Crippen LogP contribution in [0.4, 0.5) is 0 Å². The predicted octanol–water partition coefficient (Wildman–Crippen LogP) is 4.79. The van der Waals surface area contributed by atoms with E-state index in [-0.39, 0.29) is 11.9 Å². The maximum absolute atomic E-state index is 11.8. The molecule has 0 aliphatic heterocycles. The Morgan fingerprint density at radius 2 is 1.65 bits per heavy atom. The van der Waals surface area contributed by atoms with Crippen molar-refractivity contribution in [2.75, 3.05) is 0 Å². The topological polar surface area (TPSA) is 38.3 Å². The molecule has 1 N–H and O–H groups in total. The molecule has 3 nitrogen and oxygen atoms in total. The van der Waals surface area contributed by atoms with Crippen LogP contribution in [0.25, 0.3) is 0 Å². The van der Waals surface area contributed by atoms with Crippen LogP contribution in [0, 0.1) is 0 Å². The molecular weight excluding hydrogens is 286 g/mol. The highest BCUT2D eigenvalue weighted by atomic mass is 16.5. The Labute approximate surface area is 137 Å². The third-order valence-corrected chi connectivity index (χ3v) is 3.27. The van der Waals surface area contributed by atoms with E-state index in [0.29, 0.717) is 0 Å². The summed E-state index contributed by atoms with van der Waals surface area (Å²) in [5.74, 6) is 1.46. The second-order valence-electron chi connectivity index (χ2n) is 5.10. The number of allylic oxidation sites excluding steroid dienone is 3. The Hall–Kier alpha value is -2.81. The van der Waals surface area contributed by atoms with Crippen molar-refractivity contribution < 1.29 is 9.53 Å². The van der Waals surface area contributed by atoms with Gasteiger partial charge in [-0.25, -0.2) is 0 Å². The summed E-state index contributed by atoms with van der Waals surface area (Å²) in [5.41, 5.74) is 1.03. The largest absolute Gasteiger partial charge is 0.457 e. The number of amides is 1. The predicted molar refractivity (Wildman–Crippen MR) is 93.5 cm³/mol. The lowest BCUT2D eigenvalue weighted by molar-refractivity contribution is -0.117. The normalized spacial score (nSPS) is 12.4. The van der Waals surface area contributed by atoms with E-state index >= 15 is 0 Å². The summed E-state index contributed by atoms with van der Waals surface area (Å²) in [4.78, 5) is 11.8. The molecule has 0 heterocycles. The van der Waals surface area contributed by atoms with Gasteiger partial charge in [0.2, 0.25) is 5.91 Å². The highest BCUT2D eigenvalue weighted by molar-refractivity contribution is 5.88. The lowest BCUT2D eigenvalue weighted by Gasteiger charge is -2.13. The number of carbonyl (C=O) groups excluding carboxylic acids is 1. The average Bonchev–Trinajstić information content (AvgIpc) is 2.56. The summed E-state index contributed by atoms with van der Waals surface area (Å²) in [6.45, 7) is 3.86. The monoisotopic (exact) mass is 307 g/mol. The van der Waals surface area contributed by atoms with Gasteiger partial charge in [0.05, 0.1) is 6.04 Å². The molecule has 2 rings (SSSR count). The Balaban J connectivity index is 1.94. The molecule has 0 saturated carbocycles. The van der Waals surface area contributed by atoms with Crippen molar-refractivity contribution in [2.24, 2.45) is 0 Å². The third kappa shape index (κ3) is 5.47. The lowest BCUT2D eigenvalue weighted by Crippen LogP contribution is -2.24. The molecule has 0 fully saturated rings. The van der Waals surface area contributed by atoms with Gasteiger partial charge >= 0.3 is 0 Å².